The number of carbonyl (C=O) groups excluding carboxylic acids is 3. The molecule has 2 atom stereocenters. The van der Waals surface area contributed by atoms with E-state index in [9.17, 15) is 19.2 Å². The molecule has 2 amide bonds. The number of esters is 1. The average Bonchev–Trinajstić information content (AvgIpc) is 3.24. The fourth-order valence-electron chi connectivity index (χ4n) is 3.31. The first-order chi connectivity index (χ1) is 13.4. The number of carbonyl (C=O) groups is 4. The Morgan fingerprint density at radius 1 is 1.25 bits per heavy atom. The van der Waals surface area contributed by atoms with Crippen LogP contribution in [-0.2, 0) is 14.3 Å². The van der Waals surface area contributed by atoms with E-state index in [1.165, 1.54) is 18.2 Å². The molecule has 9 heteroatoms. The molecule has 0 saturated carbocycles. The topological polar surface area (TPSA) is 122 Å². The maximum Gasteiger partial charge on any atom is 0.335 e. The lowest BCUT2D eigenvalue weighted by molar-refractivity contribution is -0.145. The number of unbranched alkanes of at least 4 members (excludes halogenated alkanes) is 1. The van der Waals surface area contributed by atoms with Crippen molar-refractivity contribution in [1.82, 2.24) is 10.2 Å². The van der Waals surface area contributed by atoms with Crippen molar-refractivity contribution in [3.63, 3.8) is 0 Å². The van der Waals surface area contributed by atoms with E-state index in [1.807, 2.05) is 0 Å². The number of hydrogen-bond donors (Lipinski definition) is 2. The standard InChI is InChI=1S/C19H22N2O7/c1-2-27-19(26)14-10-28-15(20-14)5-3-4-8-21-16(22)12-7-6-11(18(24)25)9-13(12)17(21)23/h6-7,9,14-15,20H,2-5,8,10H2,1H3,(H,24,25)/t14-,15?/m1/s1. The number of carboxylic acids is 1. The Morgan fingerprint density at radius 3 is 2.71 bits per heavy atom. The van der Waals surface area contributed by atoms with Gasteiger partial charge in [0.15, 0.2) is 0 Å². The van der Waals surface area contributed by atoms with Crippen molar-refractivity contribution < 1.29 is 33.8 Å². The SMILES string of the molecule is CCOC(=O)[C@H]1COC(CCCCN2C(=O)c3ccc(C(=O)O)cc3C2=O)N1. The molecule has 2 aliphatic rings. The zero-order valence-corrected chi connectivity index (χ0v) is 15.5. The average molecular weight is 390 g/mol. The van der Waals surface area contributed by atoms with Crippen LogP contribution < -0.4 is 5.32 Å². The van der Waals surface area contributed by atoms with E-state index < -0.39 is 23.8 Å². The van der Waals surface area contributed by atoms with Gasteiger partial charge in [-0.05, 0) is 44.4 Å². The van der Waals surface area contributed by atoms with Crippen molar-refractivity contribution in [3.8, 4) is 0 Å². The highest BCUT2D eigenvalue weighted by atomic mass is 16.5. The molecule has 3 rings (SSSR count). The van der Waals surface area contributed by atoms with Gasteiger partial charge in [-0.2, -0.15) is 0 Å². The van der Waals surface area contributed by atoms with Crippen molar-refractivity contribution in [3.05, 3.63) is 34.9 Å². The summed E-state index contributed by atoms with van der Waals surface area (Å²) in [4.78, 5) is 48.7. The molecule has 1 aromatic carbocycles. The second-order valence-corrected chi connectivity index (χ2v) is 6.62. The zero-order valence-electron chi connectivity index (χ0n) is 15.5. The van der Waals surface area contributed by atoms with Crippen LogP contribution in [0.1, 0.15) is 57.3 Å². The van der Waals surface area contributed by atoms with Crippen LogP contribution in [0.15, 0.2) is 18.2 Å². The fourth-order valence-corrected chi connectivity index (χ4v) is 3.31. The first-order valence-electron chi connectivity index (χ1n) is 9.20. The summed E-state index contributed by atoms with van der Waals surface area (Å²) < 4.78 is 10.5. The van der Waals surface area contributed by atoms with Crippen LogP contribution in [-0.4, -0.2) is 65.8 Å². The molecule has 150 valence electrons. The van der Waals surface area contributed by atoms with E-state index in [1.54, 1.807) is 6.92 Å². The summed E-state index contributed by atoms with van der Waals surface area (Å²) in [7, 11) is 0. The van der Waals surface area contributed by atoms with Gasteiger partial charge in [-0.25, -0.2) is 4.79 Å². The number of imide groups is 1. The number of nitrogens with one attached hydrogen (secondary N) is 1. The maximum absolute atomic E-state index is 12.4. The molecule has 9 nitrogen and oxygen atoms in total. The first kappa shape index (κ1) is 20.0. The van der Waals surface area contributed by atoms with Gasteiger partial charge in [0, 0.05) is 6.54 Å². The first-order valence-corrected chi connectivity index (χ1v) is 9.20. The molecule has 0 spiro atoms. The van der Waals surface area contributed by atoms with Crippen molar-refractivity contribution in [1.29, 1.82) is 0 Å². The molecule has 1 fully saturated rings. The van der Waals surface area contributed by atoms with Crippen LogP contribution in [0.25, 0.3) is 0 Å². The van der Waals surface area contributed by atoms with Crippen LogP contribution in [0.4, 0.5) is 0 Å². The minimum absolute atomic E-state index is 0.0256. The monoisotopic (exact) mass is 390 g/mol. The minimum Gasteiger partial charge on any atom is -0.478 e. The van der Waals surface area contributed by atoms with Gasteiger partial charge in [-0.15, -0.1) is 0 Å². The summed E-state index contributed by atoms with van der Waals surface area (Å²) in [5.41, 5.74) is 0.332. The molecule has 0 aliphatic carbocycles. The lowest BCUT2D eigenvalue weighted by Gasteiger charge is -2.15. The van der Waals surface area contributed by atoms with Crippen molar-refractivity contribution in [2.75, 3.05) is 19.8 Å². The predicted molar refractivity (Wildman–Crippen MR) is 95.9 cm³/mol. The van der Waals surface area contributed by atoms with E-state index in [0.29, 0.717) is 25.9 Å². The van der Waals surface area contributed by atoms with Gasteiger partial charge in [0.25, 0.3) is 11.8 Å². The molecule has 0 bridgehead atoms. The Bertz CT molecular complexity index is 807. The van der Waals surface area contributed by atoms with Crippen molar-refractivity contribution >= 4 is 23.8 Å². The predicted octanol–water partition coefficient (Wildman–Crippen LogP) is 1.03. The third-order valence-corrected chi connectivity index (χ3v) is 4.74. The van der Waals surface area contributed by atoms with Crippen LogP contribution in [0.2, 0.25) is 0 Å². The van der Waals surface area contributed by atoms with E-state index in [4.69, 9.17) is 14.6 Å². The summed E-state index contributed by atoms with van der Waals surface area (Å²) >= 11 is 0. The summed E-state index contributed by atoms with van der Waals surface area (Å²) in [6.45, 7) is 2.55. The molecule has 1 saturated heterocycles. The van der Waals surface area contributed by atoms with E-state index in [2.05, 4.69) is 5.32 Å². The molecule has 1 unspecified atom stereocenters. The molecular formula is C19H22N2O7. The van der Waals surface area contributed by atoms with Gasteiger partial charge >= 0.3 is 11.9 Å². The highest BCUT2D eigenvalue weighted by molar-refractivity contribution is 6.21. The number of ether oxygens (including phenoxy) is 2. The maximum atomic E-state index is 12.4. The highest BCUT2D eigenvalue weighted by Crippen LogP contribution is 2.24. The fraction of sp³-hybridized carbons (Fsp3) is 0.474. The number of rotatable bonds is 8. The van der Waals surface area contributed by atoms with Gasteiger partial charge in [-0.3, -0.25) is 24.6 Å². The summed E-state index contributed by atoms with van der Waals surface area (Å²) in [6, 6.07) is 3.47. The Hall–Kier alpha value is -2.78. The molecule has 0 aromatic heterocycles. The number of fused-ring (bicyclic) bond motifs is 1. The molecule has 2 N–H and O–H groups in total. The summed E-state index contributed by atoms with van der Waals surface area (Å²) in [5, 5.41) is 12.1. The molecule has 28 heavy (non-hydrogen) atoms. The lowest BCUT2D eigenvalue weighted by Crippen LogP contribution is -2.38. The highest BCUT2D eigenvalue weighted by Gasteiger charge is 2.36. The number of aromatic carboxylic acids is 1. The second kappa shape index (κ2) is 8.49. The van der Waals surface area contributed by atoms with E-state index in [-0.39, 0.29) is 42.0 Å². The van der Waals surface area contributed by atoms with Gasteiger partial charge in [0.2, 0.25) is 0 Å². The lowest BCUT2D eigenvalue weighted by atomic mass is 10.1. The van der Waals surface area contributed by atoms with Crippen molar-refractivity contribution in [2.24, 2.45) is 0 Å². The number of amides is 2. The third kappa shape index (κ3) is 4.05. The Kier molecular flexibility index (Phi) is 6.05. The van der Waals surface area contributed by atoms with Crippen LogP contribution in [0, 0.1) is 0 Å². The van der Waals surface area contributed by atoms with Crippen LogP contribution in [0.3, 0.4) is 0 Å². The largest absolute Gasteiger partial charge is 0.478 e. The van der Waals surface area contributed by atoms with Gasteiger partial charge in [0.1, 0.15) is 12.3 Å². The Labute approximate surface area is 161 Å². The normalized spacial score (nSPS) is 21.1. The molecule has 0 radical (unpaired) electrons. The van der Waals surface area contributed by atoms with E-state index >= 15 is 0 Å². The smallest absolute Gasteiger partial charge is 0.335 e. The number of carboxylic acid groups (broad SMARTS) is 1. The van der Waals surface area contributed by atoms with E-state index in [0.717, 1.165) is 4.90 Å². The van der Waals surface area contributed by atoms with Gasteiger partial charge in [-0.1, -0.05) is 0 Å². The van der Waals surface area contributed by atoms with Gasteiger partial charge in [0.05, 0.1) is 29.9 Å². The molecule has 1 aromatic rings. The molecular weight excluding hydrogens is 368 g/mol. The summed E-state index contributed by atoms with van der Waals surface area (Å²) in [6.07, 6.45) is 1.61. The Balaban J connectivity index is 1.47. The number of nitrogens with zero attached hydrogens (tertiary/aromatic N) is 1. The molecule has 2 aliphatic heterocycles. The second-order valence-electron chi connectivity index (χ2n) is 6.62. The quantitative estimate of drug-likeness (QED) is 0.383. The van der Waals surface area contributed by atoms with Crippen LogP contribution >= 0.6 is 0 Å². The third-order valence-electron chi connectivity index (χ3n) is 4.74. The summed E-state index contributed by atoms with van der Waals surface area (Å²) in [5.74, 6) is -2.36. The van der Waals surface area contributed by atoms with Crippen molar-refractivity contribution in [2.45, 2.75) is 38.5 Å². The van der Waals surface area contributed by atoms with Gasteiger partial charge < -0.3 is 14.6 Å². The minimum atomic E-state index is -1.15. The zero-order chi connectivity index (χ0) is 20.3. The number of benzene rings is 1. The van der Waals surface area contributed by atoms with Crippen LogP contribution in [0.5, 0.6) is 0 Å². The Morgan fingerprint density at radius 2 is 2.00 bits per heavy atom. The molecule has 2 heterocycles. The number of hydrogen-bond acceptors (Lipinski definition) is 7.